The smallest absolute Gasteiger partial charge is 0.334 e. The first kappa shape index (κ1) is 34.4. The lowest BCUT2D eigenvalue weighted by Crippen LogP contribution is -2.38. The fraction of sp³-hybridized carbons (Fsp3) is 0.727. The summed E-state index contributed by atoms with van der Waals surface area (Å²) in [6.45, 7) is 13.4. The lowest BCUT2D eigenvalue weighted by Gasteiger charge is -2.31. The molecule has 0 aromatic rings. The molecular formula is C33H54O7. The van der Waals surface area contributed by atoms with Crippen molar-refractivity contribution >= 4 is 5.97 Å². The molecule has 228 valence electrons. The maximum Gasteiger partial charge on any atom is 0.334 e. The van der Waals surface area contributed by atoms with Crippen LogP contribution in [0.1, 0.15) is 80.6 Å². The molecule has 1 fully saturated rings. The molecule has 7 nitrogen and oxygen atoms in total. The van der Waals surface area contributed by atoms with Crippen molar-refractivity contribution in [2.24, 2.45) is 23.7 Å². The summed E-state index contributed by atoms with van der Waals surface area (Å²) in [5.74, 6) is -0.730. The average molecular weight is 563 g/mol. The summed E-state index contributed by atoms with van der Waals surface area (Å²) in [5.41, 5.74) is 1.43. The Morgan fingerprint density at radius 3 is 2.42 bits per heavy atom. The topological polar surface area (TPSA) is 109 Å². The van der Waals surface area contributed by atoms with Crippen molar-refractivity contribution < 1.29 is 34.3 Å². The van der Waals surface area contributed by atoms with Crippen LogP contribution in [0.15, 0.2) is 47.6 Å². The van der Waals surface area contributed by atoms with Crippen LogP contribution in [0.3, 0.4) is 0 Å². The maximum atomic E-state index is 13.0. The van der Waals surface area contributed by atoms with Gasteiger partial charge in [0.1, 0.15) is 12.2 Å². The summed E-state index contributed by atoms with van der Waals surface area (Å²) < 4.78 is 17.0. The van der Waals surface area contributed by atoms with Gasteiger partial charge in [0.15, 0.2) is 0 Å². The molecule has 0 aromatic carbocycles. The highest BCUT2D eigenvalue weighted by Crippen LogP contribution is 2.33. The predicted molar refractivity (Wildman–Crippen MR) is 159 cm³/mol. The number of cyclic esters (lactones) is 1. The van der Waals surface area contributed by atoms with Gasteiger partial charge in [0.2, 0.25) is 0 Å². The summed E-state index contributed by atoms with van der Waals surface area (Å²) in [6, 6.07) is 0. The lowest BCUT2D eigenvalue weighted by atomic mass is 9.85. The van der Waals surface area contributed by atoms with Gasteiger partial charge in [-0.15, -0.1) is 0 Å². The molecule has 3 N–H and O–H groups in total. The van der Waals surface area contributed by atoms with E-state index in [4.69, 9.17) is 14.2 Å². The van der Waals surface area contributed by atoms with Crippen LogP contribution in [0.5, 0.6) is 0 Å². The third-order valence-electron chi connectivity index (χ3n) is 8.68. The largest absolute Gasteiger partial charge is 0.458 e. The third-order valence-corrected chi connectivity index (χ3v) is 8.68. The molecule has 0 unspecified atom stereocenters. The monoisotopic (exact) mass is 562 g/mol. The molecule has 0 aromatic heterocycles. The number of aliphatic hydroxyl groups excluding tert-OH is 3. The number of hydrogen-bond acceptors (Lipinski definition) is 7. The molecule has 40 heavy (non-hydrogen) atoms. The zero-order valence-corrected chi connectivity index (χ0v) is 25.8. The van der Waals surface area contributed by atoms with Crippen LogP contribution in [0.4, 0.5) is 0 Å². The van der Waals surface area contributed by atoms with Gasteiger partial charge in [-0.1, -0.05) is 63.6 Å². The van der Waals surface area contributed by atoms with E-state index in [-0.39, 0.29) is 54.1 Å². The Kier molecular flexibility index (Phi) is 14.3. The van der Waals surface area contributed by atoms with Gasteiger partial charge in [0.05, 0.1) is 30.5 Å². The number of epoxide rings is 1. The second-order valence-corrected chi connectivity index (χ2v) is 12.1. The molecule has 2 heterocycles. The average Bonchev–Trinajstić information content (AvgIpc) is 3.70. The highest BCUT2D eigenvalue weighted by molar-refractivity contribution is 5.88. The molecule has 0 amide bonds. The van der Waals surface area contributed by atoms with Crippen molar-refractivity contribution in [3.05, 3.63) is 47.6 Å². The van der Waals surface area contributed by atoms with Gasteiger partial charge in [-0.25, -0.2) is 4.79 Å². The minimum absolute atomic E-state index is 0.0715. The number of allylic oxidation sites excluding steroid dienone is 4. The van der Waals surface area contributed by atoms with Crippen LogP contribution in [0.25, 0.3) is 0 Å². The molecule has 2 aliphatic rings. The van der Waals surface area contributed by atoms with E-state index in [0.717, 1.165) is 18.4 Å². The SMILES string of the molecule is CO[C@@H](C)[C@@H](C)[C@H](O)[C@H](C)[C@@H](O)C/C=C/C[C@H](C)[C@@H]1C/C=C/CC[C@@H]2O[C@H]2[C@@H](O)[C@H](C)/C=C(C)\C=C(\C)C(=O)O1. The number of esters is 1. The summed E-state index contributed by atoms with van der Waals surface area (Å²) in [6.07, 6.45) is 13.1. The number of rotatable bonds is 10. The number of hydrogen-bond donors (Lipinski definition) is 3. The number of carbonyl (C=O) groups is 1. The first-order chi connectivity index (χ1) is 18.9. The first-order valence-electron chi connectivity index (χ1n) is 15.0. The van der Waals surface area contributed by atoms with Gasteiger partial charge in [0.25, 0.3) is 0 Å². The molecule has 0 bridgehead atoms. The summed E-state index contributed by atoms with van der Waals surface area (Å²) in [5, 5.41) is 31.9. The number of methoxy groups -OCH3 is 1. The lowest BCUT2D eigenvalue weighted by molar-refractivity contribution is -0.146. The van der Waals surface area contributed by atoms with Crippen molar-refractivity contribution in [2.75, 3.05) is 7.11 Å². The first-order valence-corrected chi connectivity index (χ1v) is 15.0. The van der Waals surface area contributed by atoms with Crippen LogP contribution in [-0.4, -0.2) is 71.1 Å². The van der Waals surface area contributed by atoms with E-state index in [1.165, 1.54) is 0 Å². The molecule has 0 spiro atoms. The predicted octanol–water partition coefficient (Wildman–Crippen LogP) is 5.30. The Morgan fingerprint density at radius 1 is 1.07 bits per heavy atom. The van der Waals surface area contributed by atoms with Gasteiger partial charge in [-0.3, -0.25) is 0 Å². The van der Waals surface area contributed by atoms with E-state index in [1.807, 2.05) is 58.9 Å². The van der Waals surface area contributed by atoms with E-state index in [1.54, 1.807) is 14.0 Å². The van der Waals surface area contributed by atoms with Crippen molar-refractivity contribution in [2.45, 2.75) is 123 Å². The Hall–Kier alpha value is -1.77. The fourth-order valence-electron chi connectivity index (χ4n) is 5.30. The second-order valence-electron chi connectivity index (χ2n) is 12.1. The zero-order valence-electron chi connectivity index (χ0n) is 25.8. The van der Waals surface area contributed by atoms with Crippen LogP contribution < -0.4 is 0 Å². The minimum Gasteiger partial charge on any atom is -0.458 e. The Bertz CT molecular complexity index is 906. The molecule has 2 aliphatic heterocycles. The number of ether oxygens (including phenoxy) is 3. The fourth-order valence-corrected chi connectivity index (χ4v) is 5.30. The van der Waals surface area contributed by atoms with Gasteiger partial charge < -0.3 is 29.5 Å². The summed E-state index contributed by atoms with van der Waals surface area (Å²) in [7, 11) is 1.62. The van der Waals surface area contributed by atoms with Crippen LogP contribution in [-0.2, 0) is 19.0 Å². The second kappa shape index (κ2) is 16.6. The molecule has 7 heteroatoms. The quantitative estimate of drug-likeness (QED) is 0.188. The number of aliphatic hydroxyl groups is 3. The highest BCUT2D eigenvalue weighted by Gasteiger charge is 2.45. The van der Waals surface area contributed by atoms with E-state index < -0.39 is 18.3 Å². The molecule has 11 atom stereocenters. The Morgan fingerprint density at radius 2 is 1.75 bits per heavy atom. The van der Waals surface area contributed by atoms with Crippen molar-refractivity contribution in [1.29, 1.82) is 0 Å². The minimum atomic E-state index is -0.667. The van der Waals surface area contributed by atoms with E-state index in [2.05, 4.69) is 19.1 Å². The Labute approximate surface area is 242 Å². The highest BCUT2D eigenvalue weighted by atomic mass is 16.6. The summed E-state index contributed by atoms with van der Waals surface area (Å²) >= 11 is 0. The maximum absolute atomic E-state index is 13.0. The van der Waals surface area contributed by atoms with Crippen LogP contribution >= 0.6 is 0 Å². The van der Waals surface area contributed by atoms with Gasteiger partial charge in [0, 0.05) is 36.9 Å². The van der Waals surface area contributed by atoms with E-state index >= 15 is 0 Å². The zero-order chi connectivity index (χ0) is 30.0. The third kappa shape index (κ3) is 10.6. The van der Waals surface area contributed by atoms with Crippen molar-refractivity contribution in [3.63, 3.8) is 0 Å². The standard InChI is InChI=1S/C33H54O7/c1-20-18-22(3)30(35)32-29(39-32)17-11-9-10-16-28(40-33(37)23(4)19-20)21(2)14-12-13-15-27(34)25(6)31(36)24(5)26(7)38-8/h9-10,12-13,18-19,21-22,24-32,34-36H,11,14-17H2,1-8H3/b10-9+,13-12+,20-18-,23-19-/t21-,22+,24+,25+,26-,27-,28-,29-,30-,31-,32+/m0/s1. The van der Waals surface area contributed by atoms with Gasteiger partial charge >= 0.3 is 5.97 Å². The molecule has 1 saturated heterocycles. The van der Waals surface area contributed by atoms with E-state index in [9.17, 15) is 20.1 Å². The number of fused-ring (bicyclic) bond motifs is 1. The summed E-state index contributed by atoms with van der Waals surface area (Å²) in [4.78, 5) is 13.0. The van der Waals surface area contributed by atoms with Crippen LogP contribution in [0, 0.1) is 23.7 Å². The van der Waals surface area contributed by atoms with Crippen LogP contribution in [0.2, 0.25) is 0 Å². The molecular weight excluding hydrogens is 508 g/mol. The Balaban J connectivity index is 2.02. The molecule has 0 radical (unpaired) electrons. The molecule has 2 rings (SSSR count). The van der Waals surface area contributed by atoms with Crippen molar-refractivity contribution in [1.82, 2.24) is 0 Å². The molecule has 0 aliphatic carbocycles. The normalized spacial score (nSPS) is 34.7. The number of carbonyl (C=O) groups excluding carboxylic acids is 1. The van der Waals surface area contributed by atoms with E-state index in [0.29, 0.717) is 24.8 Å². The van der Waals surface area contributed by atoms with Gasteiger partial charge in [-0.05, 0) is 58.4 Å². The van der Waals surface area contributed by atoms with Crippen molar-refractivity contribution in [3.8, 4) is 0 Å². The van der Waals surface area contributed by atoms with Gasteiger partial charge in [-0.2, -0.15) is 0 Å². The molecule has 0 saturated carbocycles.